The molecule has 0 fully saturated rings. The van der Waals surface area contributed by atoms with Crippen molar-refractivity contribution in [2.24, 2.45) is 11.8 Å². The average molecular weight is 468 g/mol. The van der Waals surface area contributed by atoms with Crippen molar-refractivity contribution in [2.45, 2.75) is 49.9 Å². The van der Waals surface area contributed by atoms with Crippen molar-refractivity contribution < 1.29 is 0 Å². The molecule has 0 aromatic heterocycles. The van der Waals surface area contributed by atoms with Gasteiger partial charge in [-0.1, -0.05) is 62.8 Å². The first-order valence-corrected chi connectivity index (χ1v) is 9.04. The molecule has 0 saturated heterocycles. The predicted molar refractivity (Wildman–Crippen MR) is 96.5 cm³/mol. The van der Waals surface area contributed by atoms with Crippen LogP contribution < -0.4 is 0 Å². The largest absolute Gasteiger partial charge is 0.0733 e. The number of fused-ring (bicyclic) bond motifs is 1. The van der Waals surface area contributed by atoms with Crippen molar-refractivity contribution in [2.75, 3.05) is 0 Å². The van der Waals surface area contributed by atoms with Gasteiger partial charge in [0, 0.05) is 3.57 Å². The van der Waals surface area contributed by atoms with Gasteiger partial charge in [0.25, 0.3) is 0 Å². The lowest BCUT2D eigenvalue weighted by atomic mass is 9.67. The van der Waals surface area contributed by atoms with Crippen molar-refractivity contribution in [1.82, 2.24) is 0 Å². The van der Waals surface area contributed by atoms with Crippen LogP contribution in [-0.2, 0) is 3.42 Å². The van der Waals surface area contributed by atoms with Crippen LogP contribution in [0.3, 0.4) is 0 Å². The molecule has 0 nitrogen and oxygen atoms in total. The van der Waals surface area contributed by atoms with E-state index in [0.717, 1.165) is 11.8 Å². The van der Waals surface area contributed by atoms with Crippen LogP contribution >= 0.6 is 45.2 Å². The summed E-state index contributed by atoms with van der Waals surface area (Å²) in [6.45, 7) is 9.55. The van der Waals surface area contributed by atoms with E-state index in [-0.39, 0.29) is 0 Å². The molecule has 2 heteroatoms. The Hall–Kier alpha value is 0.680. The van der Waals surface area contributed by atoms with Gasteiger partial charge in [0.05, 0.1) is 3.42 Å². The molecule has 0 heterocycles. The van der Waals surface area contributed by atoms with Gasteiger partial charge >= 0.3 is 0 Å². The van der Waals surface area contributed by atoms with E-state index in [0.29, 0.717) is 9.34 Å². The molecule has 0 radical (unpaired) electrons. The molecule has 0 aliphatic heterocycles. The fourth-order valence-corrected chi connectivity index (χ4v) is 5.28. The number of benzene rings is 1. The van der Waals surface area contributed by atoms with E-state index in [1.807, 2.05) is 0 Å². The molecule has 18 heavy (non-hydrogen) atoms. The van der Waals surface area contributed by atoms with Crippen molar-refractivity contribution in [3.05, 3.63) is 32.9 Å². The first-order valence-electron chi connectivity index (χ1n) is 6.89. The van der Waals surface area contributed by atoms with E-state index >= 15 is 0 Å². The minimum atomic E-state index is 0.331. The molecule has 0 N–H and O–H groups in total. The van der Waals surface area contributed by atoms with Crippen LogP contribution in [0.15, 0.2) is 18.2 Å². The molecular formula is C16H22I2. The van der Waals surface area contributed by atoms with Crippen LogP contribution in [0, 0.1) is 15.4 Å². The fraction of sp³-hybridized carbons (Fsp3) is 0.625. The lowest BCUT2D eigenvalue weighted by Gasteiger charge is -2.44. The molecule has 2 rings (SSSR count). The van der Waals surface area contributed by atoms with Gasteiger partial charge < -0.3 is 0 Å². The smallest absolute Gasteiger partial charge is 0.0501 e. The molecule has 0 saturated carbocycles. The van der Waals surface area contributed by atoms with Crippen LogP contribution in [0.5, 0.6) is 0 Å². The maximum absolute atomic E-state index is 2.74. The molecular weight excluding hydrogens is 446 g/mol. The third kappa shape index (κ3) is 2.48. The Morgan fingerprint density at radius 3 is 2.67 bits per heavy atom. The van der Waals surface area contributed by atoms with Crippen molar-refractivity contribution >= 4 is 45.2 Å². The van der Waals surface area contributed by atoms with Crippen LogP contribution in [0.4, 0.5) is 0 Å². The van der Waals surface area contributed by atoms with Gasteiger partial charge in [0.2, 0.25) is 0 Å². The highest BCUT2D eigenvalue weighted by atomic mass is 127. The van der Waals surface area contributed by atoms with E-state index in [1.54, 1.807) is 11.1 Å². The molecule has 4 unspecified atom stereocenters. The standard InChI is InChI=1S/C16H22I2/c1-5-11(3)16(18)9-10(2)12(4)14-8-13(17)6-7-15(14)16/h6-8,10-12H,5,9H2,1-4H3. The second kappa shape index (κ2) is 5.58. The van der Waals surface area contributed by atoms with Gasteiger partial charge in [-0.25, -0.2) is 0 Å². The summed E-state index contributed by atoms with van der Waals surface area (Å²) in [6, 6.07) is 7.07. The third-order valence-electron chi connectivity index (χ3n) is 4.82. The molecule has 4 atom stereocenters. The van der Waals surface area contributed by atoms with Crippen molar-refractivity contribution in [3.8, 4) is 0 Å². The lowest BCUT2D eigenvalue weighted by molar-refractivity contribution is 0.295. The number of alkyl halides is 1. The van der Waals surface area contributed by atoms with Gasteiger partial charge in [-0.2, -0.15) is 0 Å². The van der Waals surface area contributed by atoms with E-state index in [1.165, 1.54) is 16.4 Å². The molecule has 0 spiro atoms. The quantitative estimate of drug-likeness (QED) is 0.363. The molecule has 0 amide bonds. The Kier molecular flexibility index (Phi) is 4.68. The van der Waals surface area contributed by atoms with Gasteiger partial charge in [0.1, 0.15) is 0 Å². The molecule has 1 aliphatic carbocycles. The Bertz CT molecular complexity index is 441. The number of rotatable bonds is 2. The highest BCUT2D eigenvalue weighted by Crippen LogP contribution is 2.54. The Morgan fingerprint density at radius 1 is 1.39 bits per heavy atom. The summed E-state index contributed by atoms with van der Waals surface area (Å²) in [6.07, 6.45) is 2.58. The fourth-order valence-electron chi connectivity index (χ4n) is 3.14. The first kappa shape index (κ1) is 15.1. The van der Waals surface area contributed by atoms with Gasteiger partial charge in [-0.3, -0.25) is 0 Å². The Balaban J connectivity index is 2.58. The molecule has 0 bridgehead atoms. The summed E-state index contributed by atoms with van der Waals surface area (Å²) < 4.78 is 1.70. The molecule has 1 aliphatic rings. The maximum atomic E-state index is 2.74. The Morgan fingerprint density at radius 2 is 2.06 bits per heavy atom. The van der Waals surface area contributed by atoms with Crippen LogP contribution in [-0.4, -0.2) is 0 Å². The minimum Gasteiger partial charge on any atom is -0.0733 e. The minimum absolute atomic E-state index is 0.331. The van der Waals surface area contributed by atoms with Crippen LogP contribution in [0.25, 0.3) is 0 Å². The van der Waals surface area contributed by atoms with Crippen molar-refractivity contribution in [1.29, 1.82) is 0 Å². The van der Waals surface area contributed by atoms with E-state index < -0.39 is 0 Å². The van der Waals surface area contributed by atoms with Crippen LogP contribution in [0.1, 0.15) is 57.6 Å². The summed E-state index contributed by atoms with van der Waals surface area (Å²) >= 11 is 5.18. The first-order chi connectivity index (χ1) is 8.40. The van der Waals surface area contributed by atoms with Gasteiger partial charge in [0.15, 0.2) is 0 Å². The average Bonchev–Trinajstić information content (AvgIpc) is 2.34. The van der Waals surface area contributed by atoms with E-state index in [9.17, 15) is 0 Å². The zero-order valence-electron chi connectivity index (χ0n) is 11.6. The van der Waals surface area contributed by atoms with E-state index in [4.69, 9.17) is 0 Å². The zero-order chi connectivity index (χ0) is 13.5. The summed E-state index contributed by atoms with van der Waals surface area (Å²) in [5.74, 6) is 2.22. The highest BCUT2D eigenvalue weighted by Gasteiger charge is 2.42. The lowest BCUT2D eigenvalue weighted by Crippen LogP contribution is -2.35. The summed E-state index contributed by atoms with van der Waals surface area (Å²) in [5, 5.41) is 0. The Labute approximate surface area is 139 Å². The summed E-state index contributed by atoms with van der Waals surface area (Å²) in [5.41, 5.74) is 3.19. The normalized spacial score (nSPS) is 33.0. The van der Waals surface area contributed by atoms with E-state index in [2.05, 4.69) is 91.1 Å². The number of halogens is 2. The monoisotopic (exact) mass is 468 g/mol. The zero-order valence-corrected chi connectivity index (χ0v) is 15.9. The third-order valence-corrected chi connectivity index (χ3v) is 7.57. The molecule has 1 aromatic rings. The summed E-state index contributed by atoms with van der Waals surface area (Å²) in [4.78, 5) is 0. The predicted octanol–water partition coefficient (Wildman–Crippen LogP) is 6.11. The van der Waals surface area contributed by atoms with Gasteiger partial charge in [-0.15, -0.1) is 0 Å². The molecule has 100 valence electrons. The second-order valence-electron chi connectivity index (χ2n) is 5.87. The number of hydrogen-bond donors (Lipinski definition) is 0. The SMILES string of the molecule is CCC(C)C1(I)CC(C)C(C)c2cc(I)ccc21. The van der Waals surface area contributed by atoms with Crippen molar-refractivity contribution in [3.63, 3.8) is 0 Å². The maximum Gasteiger partial charge on any atom is 0.0501 e. The second-order valence-corrected chi connectivity index (χ2v) is 9.04. The number of hydrogen-bond acceptors (Lipinski definition) is 0. The summed E-state index contributed by atoms with van der Waals surface area (Å²) in [7, 11) is 0. The topological polar surface area (TPSA) is 0 Å². The highest BCUT2D eigenvalue weighted by molar-refractivity contribution is 14.1. The van der Waals surface area contributed by atoms with Crippen LogP contribution in [0.2, 0.25) is 0 Å². The molecule has 1 aromatic carbocycles. The van der Waals surface area contributed by atoms with Gasteiger partial charge in [-0.05, 0) is 70.0 Å².